The molecule has 0 spiro atoms. The summed E-state index contributed by atoms with van der Waals surface area (Å²) < 4.78 is 24.6. The van der Waals surface area contributed by atoms with Crippen molar-refractivity contribution in [3.63, 3.8) is 0 Å². The van der Waals surface area contributed by atoms with Gasteiger partial charge in [-0.05, 0) is 38.3 Å². The van der Waals surface area contributed by atoms with Gasteiger partial charge in [-0.1, -0.05) is 107 Å². The Kier molecular flexibility index (Phi) is 14.9. The monoisotopic (exact) mass is 420 g/mol. The van der Waals surface area contributed by atoms with Gasteiger partial charge in [0.1, 0.15) is 0 Å². The van der Waals surface area contributed by atoms with E-state index in [0.29, 0.717) is 4.90 Å². The molecule has 0 fully saturated rings. The van der Waals surface area contributed by atoms with Gasteiger partial charge in [0, 0.05) is 0 Å². The van der Waals surface area contributed by atoms with Gasteiger partial charge in [-0.15, -0.1) is 6.58 Å². The third kappa shape index (κ3) is 13.7. The molecule has 3 heteroatoms. The van der Waals surface area contributed by atoms with Crippen LogP contribution in [-0.4, -0.2) is 14.2 Å². The third-order valence-electron chi connectivity index (χ3n) is 5.70. The Morgan fingerprint density at radius 3 is 1.45 bits per heavy atom. The largest absolute Gasteiger partial charge is 0.224 e. The van der Waals surface area contributed by atoms with Gasteiger partial charge in [-0.2, -0.15) is 0 Å². The maximum atomic E-state index is 12.3. The van der Waals surface area contributed by atoms with Gasteiger partial charge >= 0.3 is 0 Å². The van der Waals surface area contributed by atoms with E-state index in [9.17, 15) is 8.42 Å². The molecule has 0 unspecified atom stereocenters. The molecular formula is C26H44O2S. The molecule has 29 heavy (non-hydrogen) atoms. The van der Waals surface area contributed by atoms with E-state index >= 15 is 0 Å². The summed E-state index contributed by atoms with van der Waals surface area (Å²) >= 11 is 0. The van der Waals surface area contributed by atoms with Crippen molar-refractivity contribution in [1.82, 2.24) is 0 Å². The molecule has 0 aliphatic carbocycles. The fourth-order valence-corrected chi connectivity index (χ4v) is 5.11. The first kappa shape index (κ1) is 25.9. The highest BCUT2D eigenvalue weighted by Gasteiger charge is 2.13. The molecule has 0 radical (unpaired) electrons. The minimum Gasteiger partial charge on any atom is -0.224 e. The average molecular weight is 421 g/mol. The van der Waals surface area contributed by atoms with E-state index in [0.717, 1.165) is 24.8 Å². The quantitative estimate of drug-likeness (QED) is 0.167. The van der Waals surface area contributed by atoms with Crippen LogP contribution in [0.3, 0.4) is 0 Å². The van der Waals surface area contributed by atoms with Crippen LogP contribution in [0.2, 0.25) is 0 Å². The number of rotatable bonds is 19. The summed E-state index contributed by atoms with van der Waals surface area (Å²) in [6.45, 7) is 5.74. The predicted octanol–water partition coefficient (Wildman–Crippen LogP) is 8.20. The molecule has 0 saturated carbocycles. The molecule has 0 N–H and O–H groups in total. The lowest BCUT2D eigenvalue weighted by atomic mass is 10.0. The van der Waals surface area contributed by atoms with E-state index in [-0.39, 0.29) is 5.75 Å². The second kappa shape index (κ2) is 16.7. The molecular weight excluding hydrogens is 376 g/mol. The maximum absolute atomic E-state index is 12.3. The fraction of sp³-hybridized carbons (Fsp3) is 0.692. The van der Waals surface area contributed by atoms with Crippen LogP contribution < -0.4 is 0 Å². The van der Waals surface area contributed by atoms with Gasteiger partial charge in [0.05, 0.1) is 10.6 Å². The molecule has 0 heterocycles. The lowest BCUT2D eigenvalue weighted by molar-refractivity contribution is 0.532. The number of hydrogen-bond donors (Lipinski definition) is 0. The smallest absolute Gasteiger partial charge is 0.178 e. The number of aryl methyl sites for hydroxylation is 1. The van der Waals surface area contributed by atoms with Crippen LogP contribution in [0, 0.1) is 6.92 Å². The van der Waals surface area contributed by atoms with Crippen LogP contribution in [0.1, 0.15) is 108 Å². The van der Waals surface area contributed by atoms with E-state index < -0.39 is 9.84 Å². The average Bonchev–Trinajstić information content (AvgIpc) is 2.70. The number of unbranched alkanes of at least 4 members (excludes halogenated alkanes) is 15. The van der Waals surface area contributed by atoms with Gasteiger partial charge < -0.3 is 0 Å². The van der Waals surface area contributed by atoms with Crippen molar-refractivity contribution in [1.29, 1.82) is 0 Å². The maximum Gasteiger partial charge on any atom is 0.178 e. The number of allylic oxidation sites excluding steroid dienone is 1. The minimum atomic E-state index is -3.10. The van der Waals surface area contributed by atoms with Crippen molar-refractivity contribution in [3.05, 3.63) is 42.5 Å². The summed E-state index contributed by atoms with van der Waals surface area (Å²) in [4.78, 5) is 0.468. The van der Waals surface area contributed by atoms with Crippen LogP contribution in [0.5, 0.6) is 0 Å². The highest BCUT2D eigenvalue weighted by Crippen LogP contribution is 2.16. The molecule has 0 amide bonds. The topological polar surface area (TPSA) is 34.1 Å². The second-order valence-electron chi connectivity index (χ2n) is 8.51. The Labute approximate surface area is 181 Å². The Bertz CT molecular complexity index is 617. The van der Waals surface area contributed by atoms with Crippen molar-refractivity contribution in [3.8, 4) is 0 Å². The van der Waals surface area contributed by atoms with Crippen molar-refractivity contribution in [2.75, 3.05) is 5.75 Å². The standard InChI is InChI=1S/C26H44O2S/c1-3-4-5-6-7-8-9-10-11-12-13-14-15-16-17-18-19-24-29(27,28)26-22-20-25(2)21-23-26/h3,20-23H,1,4-19,24H2,2H3. The molecule has 166 valence electrons. The zero-order valence-corrected chi connectivity index (χ0v) is 19.7. The molecule has 1 aromatic rings. The van der Waals surface area contributed by atoms with E-state index in [2.05, 4.69) is 6.58 Å². The normalized spacial score (nSPS) is 11.6. The van der Waals surface area contributed by atoms with Crippen LogP contribution in [0.4, 0.5) is 0 Å². The van der Waals surface area contributed by atoms with E-state index in [4.69, 9.17) is 0 Å². The van der Waals surface area contributed by atoms with Crippen molar-refractivity contribution < 1.29 is 8.42 Å². The van der Waals surface area contributed by atoms with Crippen LogP contribution >= 0.6 is 0 Å². The zero-order valence-electron chi connectivity index (χ0n) is 18.8. The molecule has 1 aromatic carbocycles. The molecule has 0 aromatic heterocycles. The highest BCUT2D eigenvalue weighted by molar-refractivity contribution is 7.91. The van der Waals surface area contributed by atoms with E-state index in [1.807, 2.05) is 25.1 Å². The predicted molar refractivity (Wildman–Crippen MR) is 127 cm³/mol. The summed E-state index contributed by atoms with van der Waals surface area (Å²) in [5.74, 6) is 0.282. The van der Waals surface area contributed by atoms with Crippen molar-refractivity contribution >= 4 is 9.84 Å². The van der Waals surface area contributed by atoms with Crippen molar-refractivity contribution in [2.45, 2.75) is 115 Å². The molecule has 0 aliphatic rings. The lowest BCUT2D eigenvalue weighted by Crippen LogP contribution is -2.06. The third-order valence-corrected chi connectivity index (χ3v) is 7.52. The summed E-state index contributed by atoms with van der Waals surface area (Å²) in [6.07, 6.45) is 22.5. The number of sulfone groups is 1. The summed E-state index contributed by atoms with van der Waals surface area (Å²) in [6, 6.07) is 7.21. The van der Waals surface area contributed by atoms with Gasteiger partial charge in [-0.25, -0.2) is 8.42 Å². The first-order chi connectivity index (χ1) is 14.1. The summed E-state index contributed by atoms with van der Waals surface area (Å²) in [5, 5.41) is 0. The zero-order chi connectivity index (χ0) is 21.2. The van der Waals surface area contributed by atoms with Gasteiger partial charge in [0.25, 0.3) is 0 Å². The second-order valence-corrected chi connectivity index (χ2v) is 10.6. The number of hydrogen-bond acceptors (Lipinski definition) is 2. The van der Waals surface area contributed by atoms with E-state index in [1.165, 1.54) is 83.5 Å². The summed E-state index contributed by atoms with van der Waals surface area (Å²) in [7, 11) is -3.10. The van der Waals surface area contributed by atoms with Crippen LogP contribution in [0.25, 0.3) is 0 Å². The summed E-state index contributed by atoms with van der Waals surface area (Å²) in [5.41, 5.74) is 1.10. The van der Waals surface area contributed by atoms with Gasteiger partial charge in [0.2, 0.25) is 0 Å². The van der Waals surface area contributed by atoms with Gasteiger partial charge in [0.15, 0.2) is 9.84 Å². The Morgan fingerprint density at radius 2 is 1.03 bits per heavy atom. The Morgan fingerprint density at radius 1 is 0.655 bits per heavy atom. The fourth-order valence-electron chi connectivity index (χ4n) is 3.74. The lowest BCUT2D eigenvalue weighted by Gasteiger charge is -2.05. The molecule has 0 atom stereocenters. The van der Waals surface area contributed by atoms with E-state index in [1.54, 1.807) is 12.1 Å². The molecule has 0 bridgehead atoms. The number of benzene rings is 1. The SMILES string of the molecule is C=CCCCCCCCCCCCCCCCCCS(=O)(=O)c1ccc(C)cc1. The van der Waals surface area contributed by atoms with Gasteiger partial charge in [-0.3, -0.25) is 0 Å². The molecule has 0 aliphatic heterocycles. The minimum absolute atomic E-state index is 0.282. The first-order valence-corrected chi connectivity index (χ1v) is 13.6. The Balaban J connectivity index is 1.86. The molecule has 0 saturated heterocycles. The van der Waals surface area contributed by atoms with Crippen LogP contribution in [0.15, 0.2) is 41.8 Å². The van der Waals surface area contributed by atoms with Crippen molar-refractivity contribution in [2.24, 2.45) is 0 Å². The van der Waals surface area contributed by atoms with Crippen LogP contribution in [-0.2, 0) is 9.84 Å². The first-order valence-electron chi connectivity index (χ1n) is 12.0. The molecule has 2 nitrogen and oxygen atoms in total. The molecule has 1 rings (SSSR count). The Hall–Kier alpha value is -1.09. The highest BCUT2D eigenvalue weighted by atomic mass is 32.2.